The summed E-state index contributed by atoms with van der Waals surface area (Å²) in [4.78, 5) is 21.8. The van der Waals surface area contributed by atoms with Crippen molar-refractivity contribution in [2.75, 3.05) is 29.5 Å². The Balaban J connectivity index is 1.50. The van der Waals surface area contributed by atoms with Gasteiger partial charge in [-0.1, -0.05) is 0 Å². The number of halogens is 2. The second-order valence-corrected chi connectivity index (χ2v) is 13.2. The van der Waals surface area contributed by atoms with E-state index in [1.807, 2.05) is 13.1 Å². The second kappa shape index (κ2) is 11.3. The fourth-order valence-corrected chi connectivity index (χ4v) is 5.83. The van der Waals surface area contributed by atoms with Crippen molar-refractivity contribution in [1.29, 1.82) is 0 Å². The molecule has 0 spiro atoms. The summed E-state index contributed by atoms with van der Waals surface area (Å²) in [6.45, 7) is 2.33. The lowest BCUT2D eigenvalue weighted by Gasteiger charge is -2.25. The molecule has 1 aliphatic heterocycles. The molecule has 2 aliphatic rings. The molecule has 0 bridgehead atoms. The highest BCUT2D eigenvalue weighted by atomic mass is 32.2. The van der Waals surface area contributed by atoms with Gasteiger partial charge in [-0.25, -0.2) is 31.8 Å². The van der Waals surface area contributed by atoms with Gasteiger partial charge >= 0.3 is 0 Å². The van der Waals surface area contributed by atoms with Gasteiger partial charge in [-0.05, 0) is 68.9 Å². The number of nitrogens with one attached hydrogen (secondary N) is 1. The number of carbonyl (C=O) groups excluding carboxylic acids is 1. The Kier molecular flexibility index (Phi) is 7.67. The van der Waals surface area contributed by atoms with Crippen LogP contribution in [0.5, 0.6) is 0 Å². The number of alkyl halides is 2. The topological polar surface area (TPSA) is 124 Å². The molecule has 1 saturated carbocycles. The molecule has 1 aliphatic carbocycles. The van der Waals surface area contributed by atoms with Crippen LogP contribution in [0.3, 0.4) is 0 Å². The van der Waals surface area contributed by atoms with Crippen molar-refractivity contribution < 1.29 is 26.7 Å². The van der Waals surface area contributed by atoms with Crippen LogP contribution in [-0.4, -0.2) is 58.4 Å². The van der Waals surface area contributed by atoms with Gasteiger partial charge in [0, 0.05) is 32.2 Å². The van der Waals surface area contributed by atoms with Crippen molar-refractivity contribution in [2.45, 2.75) is 58.1 Å². The first-order chi connectivity index (χ1) is 20.5. The third-order valence-electron chi connectivity index (χ3n) is 7.82. The molecule has 228 valence electrons. The van der Waals surface area contributed by atoms with E-state index < -0.39 is 28.5 Å². The van der Waals surface area contributed by atoms with Gasteiger partial charge in [-0.15, -0.1) is 0 Å². The van der Waals surface area contributed by atoms with Gasteiger partial charge in [0.2, 0.25) is 10.0 Å². The number of imidazole rings is 1. The largest absolute Gasteiger partial charge is 0.358 e. The van der Waals surface area contributed by atoms with E-state index in [2.05, 4.69) is 20.4 Å². The molecule has 3 aromatic heterocycles. The van der Waals surface area contributed by atoms with Gasteiger partial charge in [-0.3, -0.25) is 13.7 Å². The molecule has 1 saturated heterocycles. The molecule has 1 unspecified atom stereocenters. The lowest BCUT2D eigenvalue weighted by molar-refractivity contribution is -0.119. The van der Waals surface area contributed by atoms with Crippen molar-refractivity contribution in [3.8, 4) is 5.69 Å². The van der Waals surface area contributed by atoms with E-state index in [1.165, 1.54) is 11.6 Å². The van der Waals surface area contributed by atoms with Crippen molar-refractivity contribution in [1.82, 2.24) is 24.3 Å². The summed E-state index contributed by atoms with van der Waals surface area (Å²) in [5, 5.41) is 7.57. The number of rotatable bonds is 10. The zero-order valence-corrected chi connectivity index (χ0v) is 24.9. The number of fused-ring (bicyclic) bond motifs is 1. The summed E-state index contributed by atoms with van der Waals surface area (Å²) in [6, 6.07) is 6.76. The van der Waals surface area contributed by atoms with Gasteiger partial charge in [0.25, 0.3) is 6.43 Å². The number of hydrogen-bond acceptors (Lipinski definition) is 8. The van der Waals surface area contributed by atoms with Crippen LogP contribution >= 0.6 is 0 Å². The van der Waals surface area contributed by atoms with Gasteiger partial charge < -0.3 is 10.1 Å². The molecule has 1 aromatic carbocycles. The standard InChI is InChI=1S/C29H33F2N7O4S/c1-17-15-32-37(16-17)20-9-10-21(23(14-20)36(2)43(3,40)41)34-22-12-19(13-24(39)18-7-8-18)33-28-26(22)35-29(27(30)31)38(28)25-6-4-5-11-42-25/h9-10,12,14-16,18,25,27H,4-8,11,13H2,1-3H3,(H,33,34). The zero-order chi connectivity index (χ0) is 30.5. The predicted octanol–water partition coefficient (Wildman–Crippen LogP) is 5.22. The summed E-state index contributed by atoms with van der Waals surface area (Å²) in [7, 11) is -2.26. The van der Waals surface area contributed by atoms with E-state index in [-0.39, 0.29) is 29.3 Å². The number of carbonyl (C=O) groups is 1. The van der Waals surface area contributed by atoms with Crippen LogP contribution in [0, 0.1) is 12.8 Å². The molecule has 11 nitrogen and oxygen atoms in total. The predicted molar refractivity (Wildman–Crippen MR) is 158 cm³/mol. The molecule has 4 heterocycles. The Morgan fingerprint density at radius 3 is 2.58 bits per heavy atom. The molecule has 1 atom stereocenters. The SMILES string of the molecule is Cc1cnn(-c2ccc(Nc3cc(CC(=O)C4CC4)nc4c3nc(C(F)F)n4C3CCCCO3)c(N(C)S(C)(=O)=O)c2)c1. The van der Waals surface area contributed by atoms with Crippen LogP contribution in [0.4, 0.5) is 25.8 Å². The quantitative estimate of drug-likeness (QED) is 0.258. The third-order valence-corrected chi connectivity index (χ3v) is 9.01. The maximum Gasteiger partial charge on any atom is 0.295 e. The van der Waals surface area contributed by atoms with E-state index in [0.717, 1.165) is 41.8 Å². The number of ketones is 1. The fraction of sp³-hybridized carbons (Fsp3) is 0.448. The highest BCUT2D eigenvalue weighted by molar-refractivity contribution is 7.92. The molecule has 6 rings (SSSR count). The Bertz CT molecular complexity index is 1790. The summed E-state index contributed by atoms with van der Waals surface area (Å²) < 4.78 is 64.1. The highest BCUT2D eigenvalue weighted by Crippen LogP contribution is 2.38. The Morgan fingerprint density at radius 1 is 1.16 bits per heavy atom. The van der Waals surface area contributed by atoms with Crippen LogP contribution in [0.25, 0.3) is 16.9 Å². The zero-order valence-electron chi connectivity index (χ0n) is 24.1. The number of nitrogens with zero attached hydrogens (tertiary/aromatic N) is 6. The first-order valence-electron chi connectivity index (χ1n) is 14.2. The number of Topliss-reactive ketones (excluding diaryl/α,β-unsaturated/α-hetero) is 1. The maximum absolute atomic E-state index is 14.4. The van der Waals surface area contributed by atoms with E-state index in [4.69, 9.17) is 4.74 Å². The van der Waals surface area contributed by atoms with Crippen LogP contribution in [0.1, 0.15) is 61.8 Å². The molecular formula is C29H33F2N7O4S. The van der Waals surface area contributed by atoms with Crippen LogP contribution in [0.2, 0.25) is 0 Å². The Morgan fingerprint density at radius 2 is 1.95 bits per heavy atom. The summed E-state index contributed by atoms with van der Waals surface area (Å²) in [5.41, 5.74) is 3.34. The van der Waals surface area contributed by atoms with Gasteiger partial charge in [0.15, 0.2) is 11.5 Å². The lowest BCUT2D eigenvalue weighted by Crippen LogP contribution is -2.25. The number of pyridine rings is 1. The lowest BCUT2D eigenvalue weighted by atomic mass is 10.1. The van der Waals surface area contributed by atoms with Crippen molar-refractivity contribution >= 4 is 44.0 Å². The van der Waals surface area contributed by atoms with E-state index >= 15 is 0 Å². The molecule has 0 amide bonds. The molecule has 4 aromatic rings. The molecule has 43 heavy (non-hydrogen) atoms. The normalized spacial score (nSPS) is 17.5. The minimum atomic E-state index is -3.69. The Hall–Kier alpha value is -3.91. The number of aromatic nitrogens is 5. The van der Waals surface area contributed by atoms with Crippen molar-refractivity contribution in [3.05, 3.63) is 53.7 Å². The first-order valence-corrected chi connectivity index (χ1v) is 16.1. The summed E-state index contributed by atoms with van der Waals surface area (Å²) in [5.74, 6) is -0.435. The smallest absolute Gasteiger partial charge is 0.295 e. The number of ether oxygens (including phenoxy) is 1. The summed E-state index contributed by atoms with van der Waals surface area (Å²) in [6.07, 6.45) is 4.91. The van der Waals surface area contributed by atoms with Gasteiger partial charge in [0.1, 0.15) is 17.5 Å². The van der Waals surface area contributed by atoms with E-state index in [0.29, 0.717) is 41.5 Å². The average Bonchev–Trinajstić information content (AvgIpc) is 3.62. The minimum Gasteiger partial charge on any atom is -0.358 e. The number of hydrogen-bond donors (Lipinski definition) is 1. The van der Waals surface area contributed by atoms with Crippen molar-refractivity contribution in [2.24, 2.45) is 5.92 Å². The average molecular weight is 614 g/mol. The fourth-order valence-electron chi connectivity index (χ4n) is 5.32. The second-order valence-electron chi connectivity index (χ2n) is 11.2. The molecule has 0 radical (unpaired) electrons. The van der Waals surface area contributed by atoms with Crippen LogP contribution in [-0.2, 0) is 26.0 Å². The molecule has 2 fully saturated rings. The van der Waals surface area contributed by atoms with Crippen LogP contribution in [0.15, 0.2) is 36.7 Å². The van der Waals surface area contributed by atoms with Gasteiger partial charge in [-0.2, -0.15) is 5.10 Å². The molecule has 14 heteroatoms. The monoisotopic (exact) mass is 613 g/mol. The number of anilines is 3. The highest BCUT2D eigenvalue weighted by Gasteiger charge is 2.32. The third kappa shape index (κ3) is 5.98. The first kappa shape index (κ1) is 29.2. The van der Waals surface area contributed by atoms with Crippen LogP contribution < -0.4 is 9.62 Å². The molecule has 1 N–H and O–H groups in total. The number of sulfonamides is 1. The van der Waals surface area contributed by atoms with Crippen molar-refractivity contribution in [3.63, 3.8) is 0 Å². The summed E-state index contributed by atoms with van der Waals surface area (Å²) >= 11 is 0. The van der Waals surface area contributed by atoms with E-state index in [1.54, 1.807) is 35.1 Å². The van der Waals surface area contributed by atoms with Gasteiger partial charge in [0.05, 0.1) is 40.9 Å². The number of benzene rings is 1. The Labute approximate surface area is 247 Å². The minimum absolute atomic E-state index is 0.00869. The maximum atomic E-state index is 14.4. The number of aryl methyl sites for hydroxylation is 1. The molecular weight excluding hydrogens is 580 g/mol. The van der Waals surface area contributed by atoms with E-state index in [9.17, 15) is 22.0 Å².